The lowest BCUT2D eigenvalue weighted by atomic mass is 10.4. The monoisotopic (exact) mass is 476 g/mol. The summed E-state index contributed by atoms with van der Waals surface area (Å²) in [5.41, 5.74) is 0. The fourth-order valence-electron chi connectivity index (χ4n) is 4.01. The van der Waals surface area contributed by atoms with Crippen molar-refractivity contribution in [3.63, 3.8) is 0 Å². The van der Waals surface area contributed by atoms with Gasteiger partial charge in [0, 0.05) is 12.1 Å². The van der Waals surface area contributed by atoms with Crippen molar-refractivity contribution in [2.24, 2.45) is 0 Å². The first-order valence-corrected chi connectivity index (χ1v) is 16.5. The van der Waals surface area contributed by atoms with E-state index in [4.69, 9.17) is 23.6 Å². The Balaban J connectivity index is 1.66. The number of hydrogen-bond donors (Lipinski definition) is 0. The zero-order valence-corrected chi connectivity index (χ0v) is 20.8. The highest BCUT2D eigenvalue weighted by molar-refractivity contribution is 8.22. The molecule has 0 saturated heterocycles. The summed E-state index contributed by atoms with van der Waals surface area (Å²) in [6, 6.07) is 39.0. The van der Waals surface area contributed by atoms with Crippen LogP contribution in [-0.2, 0) is 23.6 Å². The van der Waals surface area contributed by atoms with Gasteiger partial charge < -0.3 is 0 Å². The van der Waals surface area contributed by atoms with Crippen molar-refractivity contribution < 1.29 is 0 Å². The predicted octanol–water partition coefficient (Wildman–Crippen LogP) is 5.64. The third kappa shape index (κ3) is 5.00. The van der Waals surface area contributed by atoms with Gasteiger partial charge in [-0.25, -0.2) is 0 Å². The second kappa shape index (κ2) is 10.2. The summed E-state index contributed by atoms with van der Waals surface area (Å²) in [4.78, 5) is 0. The largest absolute Gasteiger partial charge is 0.0876 e. The number of rotatable bonds is 8. The van der Waals surface area contributed by atoms with E-state index < -0.39 is 12.1 Å². The summed E-state index contributed by atoms with van der Waals surface area (Å²) in [6.07, 6.45) is 3.02. The van der Waals surface area contributed by atoms with Crippen molar-refractivity contribution in [3.05, 3.63) is 121 Å². The molecule has 4 heteroatoms. The summed E-state index contributed by atoms with van der Waals surface area (Å²) >= 11 is 12.9. The summed E-state index contributed by atoms with van der Waals surface area (Å²) in [6.45, 7) is 0. The summed E-state index contributed by atoms with van der Waals surface area (Å²) in [5.74, 6) is 0. The van der Waals surface area contributed by atoms with Crippen molar-refractivity contribution >= 4 is 56.9 Å². The van der Waals surface area contributed by atoms with Gasteiger partial charge in [0.1, 0.15) is 0 Å². The van der Waals surface area contributed by atoms with Crippen molar-refractivity contribution in [2.75, 3.05) is 12.3 Å². The molecular weight excluding hydrogens is 450 g/mol. The summed E-state index contributed by atoms with van der Waals surface area (Å²) < 4.78 is 0. The summed E-state index contributed by atoms with van der Waals surface area (Å²) in [7, 11) is 0. The molecule has 0 saturated carbocycles. The molecule has 0 aliphatic heterocycles. The van der Waals surface area contributed by atoms with Crippen molar-refractivity contribution in [1.29, 1.82) is 0 Å². The van der Waals surface area contributed by atoms with E-state index in [1.807, 2.05) is 0 Å². The Hall–Kier alpha value is -1.82. The molecular formula is C27H26P2S2. The molecule has 0 N–H and O–H groups in total. The molecule has 4 aromatic rings. The average Bonchev–Trinajstić information content (AvgIpc) is 2.86. The van der Waals surface area contributed by atoms with Crippen molar-refractivity contribution in [3.8, 4) is 0 Å². The van der Waals surface area contributed by atoms with Crippen LogP contribution in [0.15, 0.2) is 121 Å². The molecule has 0 fully saturated rings. The van der Waals surface area contributed by atoms with Crippen LogP contribution in [0.3, 0.4) is 0 Å². The molecule has 4 aromatic carbocycles. The van der Waals surface area contributed by atoms with E-state index in [2.05, 4.69) is 121 Å². The Labute approximate surface area is 196 Å². The standard InChI is InChI=1S/C27H26P2S2/c30-28(24-14-5-1-6-15-24,25-16-7-2-8-17-25)22-13-23-29(31,26-18-9-3-10-19-26)27-20-11-4-12-21-27/h1-12,14-21H,13,22-23H2. The predicted molar refractivity (Wildman–Crippen MR) is 147 cm³/mol. The van der Waals surface area contributed by atoms with Gasteiger partial charge in [-0.15, -0.1) is 0 Å². The van der Waals surface area contributed by atoms with Gasteiger partial charge in [-0.2, -0.15) is 0 Å². The topological polar surface area (TPSA) is 0 Å². The molecule has 31 heavy (non-hydrogen) atoms. The SMILES string of the molecule is S=P(CCCP(=S)(c1ccccc1)c1ccccc1)(c1ccccc1)c1ccccc1. The second-order valence-corrected chi connectivity index (χ2v) is 17.3. The molecule has 0 bridgehead atoms. The maximum Gasteiger partial charge on any atom is 0.0106 e. The first-order valence-electron chi connectivity index (χ1n) is 10.5. The third-order valence-electron chi connectivity index (χ3n) is 5.64. The number of hydrogen-bond acceptors (Lipinski definition) is 2. The lowest BCUT2D eigenvalue weighted by Gasteiger charge is -2.27. The lowest BCUT2D eigenvalue weighted by Crippen LogP contribution is -2.21. The first kappa shape index (κ1) is 22.4. The van der Waals surface area contributed by atoms with Gasteiger partial charge in [0.25, 0.3) is 0 Å². The average molecular weight is 477 g/mol. The lowest BCUT2D eigenvalue weighted by molar-refractivity contribution is 1.11. The van der Waals surface area contributed by atoms with Gasteiger partial charge in [-0.05, 0) is 40.0 Å². The summed E-state index contributed by atoms with van der Waals surface area (Å²) in [5, 5.41) is 5.18. The Morgan fingerprint density at radius 3 is 0.839 bits per heavy atom. The first-order chi connectivity index (χ1) is 15.1. The van der Waals surface area contributed by atoms with E-state index in [0.29, 0.717) is 0 Å². The fourth-order valence-corrected chi connectivity index (χ4v) is 11.9. The Morgan fingerprint density at radius 2 is 0.613 bits per heavy atom. The zero-order chi connectivity index (χ0) is 21.6. The van der Waals surface area contributed by atoms with Crippen LogP contribution in [0.2, 0.25) is 0 Å². The van der Waals surface area contributed by atoms with Crippen LogP contribution in [0, 0.1) is 0 Å². The molecule has 4 rings (SSSR count). The molecule has 0 aromatic heterocycles. The van der Waals surface area contributed by atoms with Crippen LogP contribution in [-0.4, -0.2) is 12.3 Å². The molecule has 156 valence electrons. The van der Waals surface area contributed by atoms with E-state index in [1.165, 1.54) is 21.2 Å². The zero-order valence-electron chi connectivity index (χ0n) is 17.4. The molecule has 0 radical (unpaired) electrons. The maximum absolute atomic E-state index is 6.45. The third-order valence-corrected chi connectivity index (χ3v) is 15.7. The van der Waals surface area contributed by atoms with Crippen LogP contribution in [0.5, 0.6) is 0 Å². The van der Waals surface area contributed by atoms with E-state index >= 15 is 0 Å². The van der Waals surface area contributed by atoms with Crippen LogP contribution < -0.4 is 21.2 Å². The van der Waals surface area contributed by atoms with Gasteiger partial charge in [-0.1, -0.05) is 145 Å². The minimum absolute atomic E-state index is 0.994. The highest BCUT2D eigenvalue weighted by Gasteiger charge is 2.26. The van der Waals surface area contributed by atoms with E-state index in [-0.39, 0.29) is 0 Å². The highest BCUT2D eigenvalue weighted by atomic mass is 32.4. The van der Waals surface area contributed by atoms with E-state index in [1.54, 1.807) is 0 Å². The van der Waals surface area contributed by atoms with Crippen molar-refractivity contribution in [1.82, 2.24) is 0 Å². The molecule has 0 unspecified atom stereocenters. The van der Waals surface area contributed by atoms with Crippen molar-refractivity contribution in [2.45, 2.75) is 6.42 Å². The molecule has 0 atom stereocenters. The molecule has 0 heterocycles. The van der Waals surface area contributed by atoms with Gasteiger partial charge in [0.15, 0.2) is 0 Å². The van der Waals surface area contributed by atoms with Crippen LogP contribution in [0.4, 0.5) is 0 Å². The molecule has 0 aliphatic carbocycles. The van der Waals surface area contributed by atoms with Gasteiger partial charge in [-0.3, -0.25) is 0 Å². The number of benzene rings is 4. The Kier molecular flexibility index (Phi) is 7.36. The Bertz CT molecular complexity index is 1010. The smallest absolute Gasteiger partial charge is 0.0106 e. The second-order valence-electron chi connectivity index (χ2n) is 7.62. The quantitative estimate of drug-likeness (QED) is 0.302. The van der Waals surface area contributed by atoms with Gasteiger partial charge in [0.2, 0.25) is 0 Å². The van der Waals surface area contributed by atoms with Gasteiger partial charge in [0.05, 0.1) is 0 Å². The fraction of sp³-hybridized carbons (Fsp3) is 0.111. The van der Waals surface area contributed by atoms with E-state index in [0.717, 1.165) is 18.7 Å². The van der Waals surface area contributed by atoms with Gasteiger partial charge >= 0.3 is 0 Å². The van der Waals surface area contributed by atoms with Crippen LogP contribution >= 0.6 is 12.1 Å². The van der Waals surface area contributed by atoms with E-state index in [9.17, 15) is 0 Å². The van der Waals surface area contributed by atoms with Crippen LogP contribution in [0.1, 0.15) is 6.42 Å². The highest BCUT2D eigenvalue weighted by Crippen LogP contribution is 2.49. The Morgan fingerprint density at radius 1 is 0.387 bits per heavy atom. The maximum atomic E-state index is 6.45. The van der Waals surface area contributed by atoms with Crippen LogP contribution in [0.25, 0.3) is 0 Å². The minimum atomic E-state index is -1.89. The molecule has 0 spiro atoms. The normalized spacial score (nSPS) is 11.9. The molecule has 0 amide bonds. The molecule has 0 nitrogen and oxygen atoms in total. The molecule has 0 aliphatic rings. The minimum Gasteiger partial charge on any atom is -0.0876 e.